The van der Waals surface area contributed by atoms with Crippen LogP contribution in [0, 0.1) is 10.1 Å². The molecule has 0 unspecified atom stereocenters. The third-order valence-corrected chi connectivity index (χ3v) is 4.02. The van der Waals surface area contributed by atoms with Crippen molar-refractivity contribution in [2.75, 3.05) is 0 Å². The molecule has 0 fully saturated rings. The van der Waals surface area contributed by atoms with Crippen molar-refractivity contribution in [2.45, 2.75) is 6.61 Å². The van der Waals surface area contributed by atoms with Crippen molar-refractivity contribution >= 4 is 29.1 Å². The molecule has 0 spiro atoms. The van der Waals surface area contributed by atoms with Gasteiger partial charge >= 0.3 is 5.97 Å². The predicted molar refractivity (Wildman–Crippen MR) is 91.7 cm³/mol. The van der Waals surface area contributed by atoms with Crippen LogP contribution < -0.4 is 0 Å². The van der Waals surface area contributed by atoms with Crippen LogP contribution in [0.1, 0.15) is 11.3 Å². The van der Waals surface area contributed by atoms with Crippen molar-refractivity contribution in [1.29, 1.82) is 0 Å². The molecule has 0 radical (unpaired) electrons. The number of carbonyl (C=O) groups is 1. The summed E-state index contributed by atoms with van der Waals surface area (Å²) in [5.41, 5.74) is 1.16. The van der Waals surface area contributed by atoms with Crippen LogP contribution >= 0.6 is 11.3 Å². The average molecular weight is 356 g/mol. The van der Waals surface area contributed by atoms with Crippen LogP contribution in [0.3, 0.4) is 0 Å². The first kappa shape index (κ1) is 16.6. The maximum atomic E-state index is 11.7. The van der Waals surface area contributed by atoms with Gasteiger partial charge < -0.3 is 9.15 Å². The van der Waals surface area contributed by atoms with Gasteiger partial charge in [-0.25, -0.2) is 9.78 Å². The molecule has 25 heavy (non-hydrogen) atoms. The van der Waals surface area contributed by atoms with Gasteiger partial charge in [-0.3, -0.25) is 10.1 Å². The Morgan fingerprint density at radius 3 is 2.80 bits per heavy atom. The monoisotopic (exact) mass is 356 g/mol. The summed E-state index contributed by atoms with van der Waals surface area (Å²) in [5.74, 6) is -0.0542. The quantitative estimate of drug-likeness (QED) is 0.286. The molecule has 0 bridgehead atoms. The maximum Gasteiger partial charge on any atom is 0.331 e. The first-order valence-corrected chi connectivity index (χ1v) is 8.07. The van der Waals surface area contributed by atoms with Crippen molar-refractivity contribution in [3.63, 3.8) is 0 Å². The van der Waals surface area contributed by atoms with Crippen LogP contribution in [0.2, 0.25) is 0 Å². The molecule has 1 aromatic carbocycles. The molecule has 0 amide bonds. The number of non-ortho nitro benzene ring substituents is 1. The molecular formula is C17H12N2O5S. The van der Waals surface area contributed by atoms with Gasteiger partial charge in [0.2, 0.25) is 5.89 Å². The summed E-state index contributed by atoms with van der Waals surface area (Å²) in [7, 11) is 0. The highest BCUT2D eigenvalue weighted by Crippen LogP contribution is 2.23. The zero-order chi connectivity index (χ0) is 17.6. The van der Waals surface area contributed by atoms with Crippen molar-refractivity contribution in [3.05, 3.63) is 75.5 Å². The lowest BCUT2D eigenvalue weighted by Crippen LogP contribution is -2.00. The first-order chi connectivity index (χ1) is 12.1. The number of esters is 1. The standard InChI is InChI=1S/C17H12N2O5S/c20-16(8-5-12-3-6-14(7-4-12)19(21)22)23-10-13-11-24-17(18-13)15-2-1-9-25-15/h1-9,11H,10H2/b8-5+. The Bertz CT molecular complexity index is 898. The molecule has 0 aliphatic carbocycles. The molecule has 0 atom stereocenters. The number of carbonyl (C=O) groups excluding carboxylic acids is 1. The molecule has 8 heteroatoms. The summed E-state index contributed by atoms with van der Waals surface area (Å²) >= 11 is 1.50. The van der Waals surface area contributed by atoms with Gasteiger partial charge in [-0.2, -0.15) is 0 Å². The Morgan fingerprint density at radius 1 is 1.32 bits per heavy atom. The number of oxazole rings is 1. The fraction of sp³-hybridized carbons (Fsp3) is 0.0588. The van der Waals surface area contributed by atoms with Gasteiger partial charge in [-0.15, -0.1) is 11.3 Å². The fourth-order valence-electron chi connectivity index (χ4n) is 1.95. The molecule has 0 N–H and O–H groups in total. The molecule has 3 rings (SSSR count). The van der Waals surface area contributed by atoms with Gasteiger partial charge in [0, 0.05) is 18.2 Å². The number of aromatic nitrogens is 1. The van der Waals surface area contributed by atoms with Gasteiger partial charge in [-0.1, -0.05) is 6.07 Å². The topological polar surface area (TPSA) is 95.5 Å². The highest BCUT2D eigenvalue weighted by molar-refractivity contribution is 7.13. The highest BCUT2D eigenvalue weighted by atomic mass is 32.1. The maximum absolute atomic E-state index is 11.7. The Kier molecular flexibility index (Phi) is 5.00. The minimum absolute atomic E-state index is 0.00168. The number of hydrogen-bond donors (Lipinski definition) is 0. The summed E-state index contributed by atoms with van der Waals surface area (Å²) in [4.78, 5) is 27.0. The summed E-state index contributed by atoms with van der Waals surface area (Å²) in [5, 5.41) is 12.5. The second-order valence-corrected chi connectivity index (χ2v) is 5.86. The molecule has 0 saturated carbocycles. The Hall–Kier alpha value is -3.26. The van der Waals surface area contributed by atoms with E-state index in [1.807, 2.05) is 17.5 Å². The van der Waals surface area contributed by atoms with E-state index in [4.69, 9.17) is 9.15 Å². The zero-order valence-electron chi connectivity index (χ0n) is 12.8. The summed E-state index contributed by atoms with van der Waals surface area (Å²) in [6, 6.07) is 9.62. The molecule has 2 aromatic heterocycles. The number of hydrogen-bond acceptors (Lipinski definition) is 7. The molecule has 0 aliphatic heterocycles. The lowest BCUT2D eigenvalue weighted by Gasteiger charge is -1.98. The molecule has 7 nitrogen and oxygen atoms in total. The molecule has 126 valence electrons. The number of ether oxygens (including phenoxy) is 1. The van der Waals surface area contributed by atoms with E-state index in [2.05, 4.69) is 4.98 Å². The van der Waals surface area contributed by atoms with Crippen molar-refractivity contribution < 1.29 is 18.9 Å². The Balaban J connectivity index is 1.53. The van der Waals surface area contributed by atoms with Crippen LogP contribution in [0.5, 0.6) is 0 Å². The average Bonchev–Trinajstić information content (AvgIpc) is 3.29. The fourth-order valence-corrected chi connectivity index (χ4v) is 2.61. The number of nitro benzene ring substituents is 1. The molecule has 2 heterocycles. The van der Waals surface area contributed by atoms with E-state index >= 15 is 0 Å². The second-order valence-electron chi connectivity index (χ2n) is 4.91. The normalized spacial score (nSPS) is 10.9. The molecular weight excluding hydrogens is 344 g/mol. The number of rotatable bonds is 6. The number of thiophene rings is 1. The van der Waals surface area contributed by atoms with Gasteiger partial charge in [0.1, 0.15) is 18.6 Å². The summed E-state index contributed by atoms with van der Waals surface area (Å²) in [6.07, 6.45) is 4.22. The van der Waals surface area contributed by atoms with Crippen LogP contribution in [-0.4, -0.2) is 15.9 Å². The lowest BCUT2D eigenvalue weighted by molar-refractivity contribution is -0.384. The Labute approximate surface area is 146 Å². The van der Waals surface area contributed by atoms with E-state index in [-0.39, 0.29) is 12.3 Å². The van der Waals surface area contributed by atoms with Gasteiger partial charge in [0.05, 0.1) is 9.80 Å². The third-order valence-electron chi connectivity index (χ3n) is 3.16. The van der Waals surface area contributed by atoms with Gasteiger partial charge in [0.15, 0.2) is 0 Å². The van der Waals surface area contributed by atoms with Crippen LogP contribution in [0.15, 0.2) is 58.5 Å². The number of nitro groups is 1. The predicted octanol–water partition coefficient (Wildman–Crippen LogP) is 4.07. The van der Waals surface area contributed by atoms with Crippen molar-refractivity contribution in [3.8, 4) is 10.8 Å². The van der Waals surface area contributed by atoms with E-state index in [0.717, 1.165) is 4.88 Å². The molecule has 3 aromatic rings. The van der Waals surface area contributed by atoms with Crippen molar-refractivity contribution in [2.24, 2.45) is 0 Å². The van der Waals surface area contributed by atoms with E-state index in [0.29, 0.717) is 17.1 Å². The van der Waals surface area contributed by atoms with Gasteiger partial charge in [-0.05, 0) is 35.2 Å². The number of nitrogens with zero attached hydrogens (tertiary/aromatic N) is 2. The SMILES string of the molecule is O=C(/C=C/c1ccc([N+](=O)[O-])cc1)OCc1coc(-c2cccs2)n1. The second kappa shape index (κ2) is 7.54. The van der Waals surface area contributed by atoms with Crippen LogP contribution in [-0.2, 0) is 16.1 Å². The zero-order valence-corrected chi connectivity index (χ0v) is 13.6. The molecule has 0 saturated heterocycles. The third kappa shape index (κ3) is 4.39. The first-order valence-electron chi connectivity index (χ1n) is 7.19. The lowest BCUT2D eigenvalue weighted by atomic mass is 10.2. The minimum Gasteiger partial charge on any atom is -0.456 e. The smallest absolute Gasteiger partial charge is 0.331 e. The largest absolute Gasteiger partial charge is 0.456 e. The van der Waals surface area contributed by atoms with E-state index in [1.54, 1.807) is 12.1 Å². The van der Waals surface area contributed by atoms with Gasteiger partial charge in [0.25, 0.3) is 5.69 Å². The summed E-state index contributed by atoms with van der Waals surface area (Å²) in [6.45, 7) is -0.00168. The van der Waals surface area contributed by atoms with E-state index in [9.17, 15) is 14.9 Å². The van der Waals surface area contributed by atoms with E-state index < -0.39 is 10.9 Å². The highest BCUT2D eigenvalue weighted by Gasteiger charge is 2.09. The summed E-state index contributed by atoms with van der Waals surface area (Å²) < 4.78 is 10.4. The van der Waals surface area contributed by atoms with E-state index in [1.165, 1.54) is 41.9 Å². The van der Waals surface area contributed by atoms with Crippen LogP contribution in [0.4, 0.5) is 5.69 Å². The number of benzene rings is 1. The molecule has 0 aliphatic rings. The Morgan fingerprint density at radius 2 is 2.12 bits per heavy atom. The van der Waals surface area contributed by atoms with Crippen molar-refractivity contribution in [1.82, 2.24) is 4.98 Å². The minimum atomic E-state index is -0.543. The van der Waals surface area contributed by atoms with Crippen LogP contribution in [0.25, 0.3) is 16.8 Å².